The summed E-state index contributed by atoms with van der Waals surface area (Å²) in [6.07, 6.45) is 4.15. The molecule has 2 N–H and O–H groups in total. The van der Waals surface area contributed by atoms with E-state index in [1.165, 1.54) is 6.07 Å². The molecule has 0 spiro atoms. The Hall–Kier alpha value is -1.84. The Bertz CT molecular complexity index is 459. The molecule has 2 rings (SSSR count). The number of phenolic OH excluding ortho intramolecular Hbond substituents is 1. The SMILES string of the molecule is CC1CCC(=NNC(=O)c2ccccc2O)CC1. The maximum atomic E-state index is 11.8. The Morgan fingerprint density at radius 3 is 2.67 bits per heavy atom. The molecule has 0 atom stereocenters. The zero-order valence-corrected chi connectivity index (χ0v) is 10.5. The van der Waals surface area contributed by atoms with Crippen LogP contribution in [0.15, 0.2) is 29.4 Å². The molecule has 0 aliphatic heterocycles. The van der Waals surface area contributed by atoms with Crippen LogP contribution in [0.2, 0.25) is 0 Å². The predicted octanol–water partition coefficient (Wildman–Crippen LogP) is 2.69. The molecule has 1 aliphatic rings. The summed E-state index contributed by atoms with van der Waals surface area (Å²) in [4.78, 5) is 11.8. The molecule has 1 fully saturated rings. The summed E-state index contributed by atoms with van der Waals surface area (Å²) in [5.74, 6) is 0.365. The third-order valence-corrected chi connectivity index (χ3v) is 3.32. The molecule has 1 aromatic carbocycles. The van der Waals surface area contributed by atoms with Crippen molar-refractivity contribution in [3.05, 3.63) is 29.8 Å². The quantitative estimate of drug-likeness (QED) is 0.788. The highest BCUT2D eigenvalue weighted by atomic mass is 16.3. The second-order valence-electron chi connectivity index (χ2n) is 4.82. The topological polar surface area (TPSA) is 61.7 Å². The van der Waals surface area contributed by atoms with Crippen LogP contribution < -0.4 is 5.43 Å². The molecule has 0 unspecified atom stereocenters. The Morgan fingerprint density at radius 2 is 2.00 bits per heavy atom. The van der Waals surface area contributed by atoms with Gasteiger partial charge < -0.3 is 5.11 Å². The van der Waals surface area contributed by atoms with Crippen LogP contribution in [0.1, 0.15) is 43.0 Å². The number of hydrogen-bond donors (Lipinski definition) is 2. The van der Waals surface area contributed by atoms with Crippen LogP contribution in [-0.2, 0) is 0 Å². The minimum absolute atomic E-state index is 0.0209. The van der Waals surface area contributed by atoms with Crippen LogP contribution in [0.4, 0.5) is 0 Å². The lowest BCUT2D eigenvalue weighted by atomic mass is 9.90. The number of benzene rings is 1. The summed E-state index contributed by atoms with van der Waals surface area (Å²) in [5, 5.41) is 13.7. The monoisotopic (exact) mass is 246 g/mol. The number of phenols is 1. The number of para-hydroxylation sites is 1. The molecule has 0 heterocycles. The van der Waals surface area contributed by atoms with Gasteiger partial charge in [-0.05, 0) is 43.7 Å². The van der Waals surface area contributed by atoms with Gasteiger partial charge in [-0.15, -0.1) is 0 Å². The average Bonchev–Trinajstić information content (AvgIpc) is 2.38. The lowest BCUT2D eigenvalue weighted by Crippen LogP contribution is -2.21. The van der Waals surface area contributed by atoms with Crippen LogP contribution in [-0.4, -0.2) is 16.7 Å². The number of carbonyl (C=O) groups is 1. The van der Waals surface area contributed by atoms with Crippen molar-refractivity contribution in [2.45, 2.75) is 32.6 Å². The molecule has 96 valence electrons. The molecular formula is C14H18N2O2. The maximum absolute atomic E-state index is 11.8. The largest absolute Gasteiger partial charge is 0.507 e. The first-order chi connectivity index (χ1) is 8.66. The van der Waals surface area contributed by atoms with Gasteiger partial charge in [-0.25, -0.2) is 5.43 Å². The van der Waals surface area contributed by atoms with Crippen molar-refractivity contribution in [1.29, 1.82) is 0 Å². The van der Waals surface area contributed by atoms with Crippen molar-refractivity contribution in [1.82, 2.24) is 5.43 Å². The summed E-state index contributed by atoms with van der Waals surface area (Å²) in [6.45, 7) is 2.23. The van der Waals surface area contributed by atoms with Gasteiger partial charge in [-0.2, -0.15) is 5.10 Å². The van der Waals surface area contributed by atoms with E-state index in [2.05, 4.69) is 17.5 Å². The fourth-order valence-electron chi connectivity index (χ4n) is 2.06. The Labute approximate surface area is 107 Å². The number of aromatic hydroxyl groups is 1. The number of nitrogens with one attached hydrogen (secondary N) is 1. The van der Waals surface area contributed by atoms with E-state index in [0.29, 0.717) is 0 Å². The van der Waals surface area contributed by atoms with Crippen molar-refractivity contribution >= 4 is 11.6 Å². The van der Waals surface area contributed by atoms with Crippen LogP contribution in [0, 0.1) is 5.92 Å². The Kier molecular flexibility index (Phi) is 3.97. The number of nitrogens with zero attached hydrogens (tertiary/aromatic N) is 1. The van der Waals surface area contributed by atoms with Gasteiger partial charge in [-0.3, -0.25) is 4.79 Å². The molecule has 0 radical (unpaired) electrons. The summed E-state index contributed by atoms with van der Waals surface area (Å²) in [6, 6.07) is 6.46. The average molecular weight is 246 g/mol. The van der Waals surface area contributed by atoms with Gasteiger partial charge in [0.15, 0.2) is 0 Å². The summed E-state index contributed by atoms with van der Waals surface area (Å²) in [7, 11) is 0. The summed E-state index contributed by atoms with van der Waals surface area (Å²) >= 11 is 0. The van der Waals surface area contributed by atoms with Crippen LogP contribution >= 0.6 is 0 Å². The molecular weight excluding hydrogens is 228 g/mol. The van der Waals surface area contributed by atoms with Crippen molar-refractivity contribution in [2.24, 2.45) is 11.0 Å². The zero-order valence-electron chi connectivity index (χ0n) is 10.5. The van der Waals surface area contributed by atoms with Gasteiger partial charge in [0.2, 0.25) is 0 Å². The standard InChI is InChI=1S/C14H18N2O2/c1-10-6-8-11(9-7-10)15-16-14(18)12-4-2-3-5-13(12)17/h2-5,10,17H,6-9H2,1H3,(H,16,18). The molecule has 1 saturated carbocycles. The molecule has 0 aromatic heterocycles. The fraction of sp³-hybridized carbons (Fsp3) is 0.429. The Morgan fingerprint density at radius 1 is 1.33 bits per heavy atom. The number of rotatable bonds is 2. The van der Waals surface area contributed by atoms with Gasteiger partial charge in [0.1, 0.15) is 5.75 Å². The van der Waals surface area contributed by atoms with Crippen LogP contribution in [0.5, 0.6) is 5.75 Å². The van der Waals surface area contributed by atoms with Crippen LogP contribution in [0.3, 0.4) is 0 Å². The van der Waals surface area contributed by atoms with Crippen molar-refractivity contribution < 1.29 is 9.90 Å². The molecule has 1 amide bonds. The van der Waals surface area contributed by atoms with Crippen molar-refractivity contribution in [3.63, 3.8) is 0 Å². The van der Waals surface area contributed by atoms with Gasteiger partial charge in [0, 0.05) is 5.71 Å². The van der Waals surface area contributed by atoms with Gasteiger partial charge in [0.25, 0.3) is 5.91 Å². The number of hydrogen-bond acceptors (Lipinski definition) is 3. The first-order valence-electron chi connectivity index (χ1n) is 6.30. The lowest BCUT2D eigenvalue weighted by Gasteiger charge is -2.18. The van der Waals surface area contributed by atoms with Gasteiger partial charge >= 0.3 is 0 Å². The molecule has 0 saturated heterocycles. The van der Waals surface area contributed by atoms with Gasteiger partial charge in [0.05, 0.1) is 5.56 Å². The first kappa shape index (κ1) is 12.6. The minimum atomic E-state index is -0.362. The highest BCUT2D eigenvalue weighted by Gasteiger charge is 2.14. The van der Waals surface area contributed by atoms with E-state index < -0.39 is 0 Å². The van der Waals surface area contributed by atoms with E-state index >= 15 is 0 Å². The third-order valence-electron chi connectivity index (χ3n) is 3.32. The second-order valence-corrected chi connectivity index (χ2v) is 4.82. The number of carbonyl (C=O) groups excluding carboxylic acids is 1. The van der Waals surface area contributed by atoms with Crippen molar-refractivity contribution in [2.75, 3.05) is 0 Å². The molecule has 1 aliphatic carbocycles. The highest BCUT2D eigenvalue weighted by molar-refractivity contribution is 5.97. The first-order valence-corrected chi connectivity index (χ1v) is 6.30. The van der Waals surface area contributed by atoms with Crippen molar-refractivity contribution in [3.8, 4) is 5.75 Å². The minimum Gasteiger partial charge on any atom is -0.507 e. The van der Waals surface area contributed by atoms with E-state index in [9.17, 15) is 9.90 Å². The van der Waals surface area contributed by atoms with Crippen LogP contribution in [0.25, 0.3) is 0 Å². The number of amides is 1. The van der Waals surface area contributed by atoms with Gasteiger partial charge in [-0.1, -0.05) is 19.1 Å². The van der Waals surface area contributed by atoms with E-state index in [-0.39, 0.29) is 17.2 Å². The van der Waals surface area contributed by atoms with E-state index in [1.54, 1.807) is 18.2 Å². The second kappa shape index (κ2) is 5.67. The number of hydrazone groups is 1. The molecule has 0 bridgehead atoms. The van der Waals surface area contributed by atoms with E-state index in [4.69, 9.17) is 0 Å². The third kappa shape index (κ3) is 3.09. The molecule has 18 heavy (non-hydrogen) atoms. The van der Waals surface area contributed by atoms with E-state index in [0.717, 1.165) is 37.3 Å². The smallest absolute Gasteiger partial charge is 0.275 e. The van der Waals surface area contributed by atoms with E-state index in [1.807, 2.05) is 0 Å². The molecule has 4 nitrogen and oxygen atoms in total. The highest BCUT2D eigenvalue weighted by Crippen LogP contribution is 2.21. The summed E-state index contributed by atoms with van der Waals surface area (Å²) in [5.41, 5.74) is 3.81. The zero-order chi connectivity index (χ0) is 13.0. The lowest BCUT2D eigenvalue weighted by molar-refractivity contribution is 0.0952. The molecule has 1 aromatic rings. The predicted molar refractivity (Wildman–Crippen MR) is 70.6 cm³/mol. The summed E-state index contributed by atoms with van der Waals surface area (Å²) < 4.78 is 0. The maximum Gasteiger partial charge on any atom is 0.275 e. The Balaban J connectivity index is 1.96. The molecule has 4 heteroatoms. The normalized spacial score (nSPS) is 19.4. The fourth-order valence-corrected chi connectivity index (χ4v) is 2.06.